The van der Waals surface area contributed by atoms with Gasteiger partial charge in [0.25, 0.3) is 0 Å². The van der Waals surface area contributed by atoms with Crippen LogP contribution in [0.25, 0.3) is 11.0 Å². The molecule has 0 aliphatic carbocycles. The number of likely N-dealkylation sites (N-methyl/N-ethyl adjacent to an activating group) is 1. The molecule has 1 aromatic heterocycles. The molecule has 1 aliphatic rings. The zero-order chi connectivity index (χ0) is 13.1. The summed E-state index contributed by atoms with van der Waals surface area (Å²) in [6.07, 6.45) is 2.40. The van der Waals surface area contributed by atoms with Gasteiger partial charge in [-0.25, -0.2) is 4.98 Å². The van der Waals surface area contributed by atoms with Gasteiger partial charge in [-0.1, -0.05) is 19.1 Å². The van der Waals surface area contributed by atoms with Crippen molar-refractivity contribution in [3.8, 4) is 0 Å². The fraction of sp³-hybridized carbons (Fsp3) is 0.500. The monoisotopic (exact) mass is 257 g/mol. The molecule has 0 spiro atoms. The lowest BCUT2D eigenvalue weighted by atomic mass is 10.1. The molecule has 5 nitrogen and oxygen atoms in total. The average Bonchev–Trinajstić information content (AvgIpc) is 2.47. The lowest BCUT2D eigenvalue weighted by Crippen LogP contribution is -2.46. The highest BCUT2D eigenvalue weighted by molar-refractivity contribution is 5.74. The zero-order valence-corrected chi connectivity index (χ0v) is 11.2. The van der Waals surface area contributed by atoms with E-state index in [9.17, 15) is 0 Å². The van der Waals surface area contributed by atoms with Gasteiger partial charge in [0.1, 0.15) is 5.52 Å². The Labute approximate surface area is 113 Å². The summed E-state index contributed by atoms with van der Waals surface area (Å²) in [6.45, 7) is 5.14. The first-order valence-corrected chi connectivity index (χ1v) is 6.94. The smallest absolute Gasteiger partial charge is 0.245 e. The minimum absolute atomic E-state index is 0.536. The largest absolute Gasteiger partial charge is 0.338 e. The predicted molar refractivity (Wildman–Crippen MR) is 76.2 cm³/mol. The fourth-order valence-corrected chi connectivity index (χ4v) is 2.62. The number of nitrogens with zero attached hydrogens (tertiary/aromatic N) is 4. The van der Waals surface area contributed by atoms with Crippen molar-refractivity contribution in [3.05, 3.63) is 24.3 Å². The van der Waals surface area contributed by atoms with Crippen molar-refractivity contribution in [2.75, 3.05) is 24.5 Å². The first-order valence-electron chi connectivity index (χ1n) is 6.94. The molecule has 1 fully saturated rings. The number of benzene rings is 1. The van der Waals surface area contributed by atoms with Gasteiger partial charge in [-0.05, 0) is 31.5 Å². The van der Waals surface area contributed by atoms with Crippen molar-refractivity contribution in [1.29, 1.82) is 0 Å². The summed E-state index contributed by atoms with van der Waals surface area (Å²) in [7, 11) is 0. The van der Waals surface area contributed by atoms with Gasteiger partial charge in [0, 0.05) is 19.1 Å². The van der Waals surface area contributed by atoms with Crippen LogP contribution < -0.4 is 10.2 Å². The second kappa shape index (κ2) is 5.48. The maximum Gasteiger partial charge on any atom is 0.245 e. The van der Waals surface area contributed by atoms with Crippen LogP contribution in [0.5, 0.6) is 0 Å². The molecule has 2 aromatic rings. The number of rotatable bonds is 3. The van der Waals surface area contributed by atoms with Crippen LogP contribution in [0.15, 0.2) is 24.3 Å². The SMILES string of the molecule is CCNC1CCCN(c2nnc3ccccc3n2)C1. The van der Waals surface area contributed by atoms with Gasteiger partial charge in [-0.15, -0.1) is 10.2 Å². The minimum atomic E-state index is 0.536. The van der Waals surface area contributed by atoms with E-state index in [4.69, 9.17) is 0 Å². The predicted octanol–water partition coefficient (Wildman–Crippen LogP) is 1.60. The van der Waals surface area contributed by atoms with Gasteiger partial charge in [0.15, 0.2) is 0 Å². The summed E-state index contributed by atoms with van der Waals surface area (Å²) in [5.41, 5.74) is 1.77. The van der Waals surface area contributed by atoms with Crippen LogP contribution in [-0.4, -0.2) is 40.9 Å². The minimum Gasteiger partial charge on any atom is -0.338 e. The van der Waals surface area contributed by atoms with Crippen molar-refractivity contribution < 1.29 is 0 Å². The average molecular weight is 257 g/mol. The van der Waals surface area contributed by atoms with E-state index in [1.54, 1.807) is 0 Å². The first-order chi connectivity index (χ1) is 9.36. The third-order valence-corrected chi connectivity index (χ3v) is 3.55. The van der Waals surface area contributed by atoms with Crippen LogP contribution in [0.1, 0.15) is 19.8 Å². The molecular formula is C14H19N5. The second-order valence-corrected chi connectivity index (χ2v) is 4.94. The van der Waals surface area contributed by atoms with Crippen LogP contribution >= 0.6 is 0 Å². The van der Waals surface area contributed by atoms with Crippen molar-refractivity contribution in [1.82, 2.24) is 20.5 Å². The standard InChI is InChI=1S/C14H19N5/c1-2-15-11-6-5-9-19(10-11)14-16-12-7-3-4-8-13(12)17-18-14/h3-4,7-8,11,15H,2,5-6,9-10H2,1H3. The highest BCUT2D eigenvalue weighted by Gasteiger charge is 2.21. The summed E-state index contributed by atoms with van der Waals surface area (Å²) in [5, 5.41) is 12.0. The third kappa shape index (κ3) is 2.66. The van der Waals surface area contributed by atoms with E-state index in [1.807, 2.05) is 24.3 Å². The maximum atomic E-state index is 4.62. The molecule has 1 N–H and O–H groups in total. The first kappa shape index (κ1) is 12.3. The molecule has 2 heterocycles. The van der Waals surface area contributed by atoms with Crippen molar-refractivity contribution in [2.45, 2.75) is 25.8 Å². The molecule has 3 rings (SSSR count). The molecule has 0 saturated carbocycles. The molecule has 19 heavy (non-hydrogen) atoms. The molecule has 1 aliphatic heterocycles. The van der Waals surface area contributed by atoms with Gasteiger partial charge < -0.3 is 10.2 Å². The highest BCUT2D eigenvalue weighted by Crippen LogP contribution is 2.17. The van der Waals surface area contributed by atoms with Crippen molar-refractivity contribution in [3.63, 3.8) is 0 Å². The molecule has 0 bridgehead atoms. The van der Waals surface area contributed by atoms with E-state index in [-0.39, 0.29) is 0 Å². The van der Waals surface area contributed by atoms with Crippen LogP contribution in [-0.2, 0) is 0 Å². The Kier molecular flexibility index (Phi) is 3.55. The Morgan fingerprint density at radius 1 is 1.26 bits per heavy atom. The fourth-order valence-electron chi connectivity index (χ4n) is 2.62. The molecular weight excluding hydrogens is 238 g/mol. The van der Waals surface area contributed by atoms with Crippen LogP contribution in [0.4, 0.5) is 5.95 Å². The van der Waals surface area contributed by atoms with E-state index in [0.29, 0.717) is 6.04 Å². The van der Waals surface area contributed by atoms with Crippen LogP contribution in [0, 0.1) is 0 Å². The van der Waals surface area contributed by atoms with E-state index in [0.717, 1.165) is 36.6 Å². The molecule has 0 radical (unpaired) electrons. The Bertz CT molecular complexity index is 554. The zero-order valence-electron chi connectivity index (χ0n) is 11.2. The van der Waals surface area contributed by atoms with Crippen LogP contribution in [0.3, 0.4) is 0 Å². The highest BCUT2D eigenvalue weighted by atomic mass is 15.3. The third-order valence-electron chi connectivity index (χ3n) is 3.55. The summed E-state index contributed by atoms with van der Waals surface area (Å²) < 4.78 is 0. The van der Waals surface area contributed by atoms with Crippen LogP contribution in [0.2, 0.25) is 0 Å². The quantitative estimate of drug-likeness (QED) is 0.905. The Hall–Kier alpha value is -1.75. The van der Waals surface area contributed by atoms with E-state index in [1.165, 1.54) is 12.8 Å². The maximum absolute atomic E-state index is 4.62. The summed E-state index contributed by atoms with van der Waals surface area (Å²) in [4.78, 5) is 6.85. The molecule has 0 amide bonds. The second-order valence-electron chi connectivity index (χ2n) is 4.94. The topological polar surface area (TPSA) is 53.9 Å². The summed E-state index contributed by atoms with van der Waals surface area (Å²) in [6, 6.07) is 8.41. The molecule has 5 heteroatoms. The number of aromatic nitrogens is 3. The molecule has 1 atom stereocenters. The normalized spacial score (nSPS) is 19.8. The number of nitrogens with one attached hydrogen (secondary N) is 1. The molecule has 1 aromatic carbocycles. The van der Waals surface area contributed by atoms with E-state index < -0.39 is 0 Å². The lowest BCUT2D eigenvalue weighted by Gasteiger charge is -2.32. The van der Waals surface area contributed by atoms with E-state index >= 15 is 0 Å². The number of hydrogen-bond donors (Lipinski definition) is 1. The van der Waals surface area contributed by atoms with Gasteiger partial charge in [-0.3, -0.25) is 0 Å². The molecule has 100 valence electrons. The Balaban J connectivity index is 1.83. The van der Waals surface area contributed by atoms with Gasteiger partial charge in [-0.2, -0.15) is 0 Å². The number of hydrogen-bond acceptors (Lipinski definition) is 5. The number of anilines is 1. The summed E-state index contributed by atoms with van der Waals surface area (Å²) in [5.74, 6) is 0.751. The lowest BCUT2D eigenvalue weighted by molar-refractivity contribution is 0.427. The Morgan fingerprint density at radius 2 is 2.11 bits per heavy atom. The van der Waals surface area contributed by atoms with Crippen molar-refractivity contribution in [2.24, 2.45) is 0 Å². The summed E-state index contributed by atoms with van der Waals surface area (Å²) >= 11 is 0. The van der Waals surface area contributed by atoms with Crippen molar-refractivity contribution >= 4 is 17.0 Å². The number of fused-ring (bicyclic) bond motifs is 1. The van der Waals surface area contributed by atoms with Gasteiger partial charge in [0.05, 0.1) is 5.52 Å². The number of piperidine rings is 1. The molecule has 1 unspecified atom stereocenters. The van der Waals surface area contributed by atoms with Gasteiger partial charge >= 0.3 is 0 Å². The Morgan fingerprint density at radius 3 is 2.95 bits per heavy atom. The van der Waals surface area contributed by atoms with E-state index in [2.05, 4.69) is 32.3 Å². The number of para-hydroxylation sites is 1. The van der Waals surface area contributed by atoms with Gasteiger partial charge in [0.2, 0.25) is 5.95 Å². The molecule has 1 saturated heterocycles.